The topological polar surface area (TPSA) is 68.5 Å². The number of rotatable bonds is 4. The summed E-state index contributed by atoms with van der Waals surface area (Å²) in [7, 11) is 0. The first kappa shape index (κ1) is 19.8. The van der Waals surface area contributed by atoms with Crippen molar-refractivity contribution < 1.29 is 13.9 Å². The van der Waals surface area contributed by atoms with Gasteiger partial charge in [0.1, 0.15) is 11.6 Å². The van der Waals surface area contributed by atoms with Crippen molar-refractivity contribution in [3.63, 3.8) is 0 Å². The fraction of sp³-hybridized carbons (Fsp3) is 0.409. The lowest BCUT2D eigenvalue weighted by molar-refractivity contribution is 0.0201. The number of ether oxygens (including phenoxy) is 1. The normalized spacial score (nSPS) is 17.1. The van der Waals surface area contributed by atoms with Gasteiger partial charge < -0.3 is 9.15 Å². The molecule has 1 unspecified atom stereocenters. The third-order valence-electron chi connectivity index (χ3n) is 4.82. The number of carbonyl (C=O) groups excluding carboxylic acids is 1. The van der Waals surface area contributed by atoms with Crippen molar-refractivity contribution in [2.24, 2.45) is 0 Å². The second kappa shape index (κ2) is 8.06. The number of fused-ring (bicyclic) bond motifs is 1. The molecule has 7 heteroatoms. The summed E-state index contributed by atoms with van der Waals surface area (Å²) in [5, 5.41) is 11.4. The first-order valence-electron chi connectivity index (χ1n) is 9.83. The molecular formula is C22H25N3O3S. The van der Waals surface area contributed by atoms with Gasteiger partial charge in [0.05, 0.1) is 0 Å². The standard InChI is InChI=1S/C22H25N3O3S/c1-22(2,3)28-21(26)25-13-7-12-18(25)19-23-24-20(27-19)29-14-16-10-6-9-15-8-4-5-11-17(15)16/h4-6,8-11,18H,7,12-14H2,1-3H3. The smallest absolute Gasteiger partial charge is 0.410 e. The second-order valence-electron chi connectivity index (χ2n) is 8.16. The predicted octanol–water partition coefficient (Wildman–Crippen LogP) is 5.59. The molecule has 6 nitrogen and oxygen atoms in total. The average Bonchev–Trinajstić information content (AvgIpc) is 3.34. The summed E-state index contributed by atoms with van der Waals surface area (Å²) in [4.78, 5) is 14.2. The number of aromatic nitrogens is 2. The quantitative estimate of drug-likeness (QED) is 0.522. The van der Waals surface area contributed by atoms with E-state index in [1.165, 1.54) is 28.1 Å². The largest absolute Gasteiger partial charge is 0.444 e. The van der Waals surface area contributed by atoms with Gasteiger partial charge in [-0.25, -0.2) is 4.79 Å². The highest BCUT2D eigenvalue weighted by atomic mass is 32.2. The van der Waals surface area contributed by atoms with Crippen LogP contribution in [0.1, 0.15) is 51.1 Å². The maximum Gasteiger partial charge on any atom is 0.410 e. The number of nitrogens with zero attached hydrogens (tertiary/aromatic N) is 3. The van der Waals surface area contributed by atoms with Crippen LogP contribution in [-0.4, -0.2) is 33.3 Å². The minimum absolute atomic E-state index is 0.218. The van der Waals surface area contributed by atoms with Gasteiger partial charge >= 0.3 is 6.09 Å². The van der Waals surface area contributed by atoms with E-state index in [1.807, 2.05) is 32.9 Å². The van der Waals surface area contributed by atoms with Crippen molar-refractivity contribution in [3.8, 4) is 0 Å². The maximum atomic E-state index is 12.5. The molecule has 1 aliphatic rings. The Morgan fingerprint density at radius 1 is 1.21 bits per heavy atom. The molecule has 152 valence electrons. The van der Waals surface area contributed by atoms with E-state index in [9.17, 15) is 4.79 Å². The Balaban J connectivity index is 1.45. The molecule has 3 aromatic rings. The number of amides is 1. The Labute approximate surface area is 174 Å². The van der Waals surface area contributed by atoms with Crippen molar-refractivity contribution in [1.29, 1.82) is 0 Å². The van der Waals surface area contributed by atoms with Gasteiger partial charge in [0.2, 0.25) is 5.89 Å². The minimum atomic E-state index is -0.529. The van der Waals surface area contributed by atoms with E-state index < -0.39 is 5.60 Å². The summed E-state index contributed by atoms with van der Waals surface area (Å²) < 4.78 is 11.4. The first-order valence-corrected chi connectivity index (χ1v) is 10.8. The van der Waals surface area contributed by atoms with Crippen LogP contribution in [0, 0.1) is 0 Å². The Kier molecular flexibility index (Phi) is 5.50. The van der Waals surface area contributed by atoms with E-state index in [-0.39, 0.29) is 12.1 Å². The van der Waals surface area contributed by atoms with Crippen molar-refractivity contribution in [1.82, 2.24) is 15.1 Å². The Morgan fingerprint density at radius 2 is 2.00 bits per heavy atom. The maximum absolute atomic E-state index is 12.5. The lowest BCUT2D eigenvalue weighted by Crippen LogP contribution is -2.36. The third-order valence-corrected chi connectivity index (χ3v) is 5.69. The van der Waals surface area contributed by atoms with Gasteiger partial charge in [-0.2, -0.15) is 0 Å². The van der Waals surface area contributed by atoms with Gasteiger partial charge in [-0.15, -0.1) is 10.2 Å². The van der Waals surface area contributed by atoms with E-state index in [1.54, 1.807) is 4.90 Å². The fourth-order valence-electron chi connectivity index (χ4n) is 3.53. The summed E-state index contributed by atoms with van der Waals surface area (Å²) >= 11 is 1.51. The van der Waals surface area contributed by atoms with Crippen molar-refractivity contribution in [2.75, 3.05) is 6.54 Å². The zero-order chi connectivity index (χ0) is 20.4. The van der Waals surface area contributed by atoms with Crippen LogP contribution in [-0.2, 0) is 10.5 Å². The number of carbonyl (C=O) groups is 1. The minimum Gasteiger partial charge on any atom is -0.444 e. The summed E-state index contributed by atoms with van der Waals surface area (Å²) in [5.41, 5.74) is 0.697. The van der Waals surface area contributed by atoms with Gasteiger partial charge in [-0.05, 0) is 49.9 Å². The van der Waals surface area contributed by atoms with Crippen LogP contribution in [0.3, 0.4) is 0 Å². The van der Waals surface area contributed by atoms with Crippen LogP contribution in [0.5, 0.6) is 0 Å². The highest BCUT2D eigenvalue weighted by molar-refractivity contribution is 7.98. The number of benzene rings is 2. The Hall–Kier alpha value is -2.54. The zero-order valence-corrected chi connectivity index (χ0v) is 17.7. The van der Waals surface area contributed by atoms with Crippen molar-refractivity contribution in [2.45, 2.75) is 56.2 Å². The molecule has 4 rings (SSSR count). The highest BCUT2D eigenvalue weighted by Gasteiger charge is 2.36. The van der Waals surface area contributed by atoms with E-state index in [4.69, 9.17) is 9.15 Å². The van der Waals surface area contributed by atoms with Crippen molar-refractivity contribution >= 4 is 28.6 Å². The number of hydrogen-bond donors (Lipinski definition) is 0. The molecule has 2 aromatic carbocycles. The molecular weight excluding hydrogens is 386 g/mol. The monoisotopic (exact) mass is 411 g/mol. The molecule has 0 aliphatic carbocycles. The van der Waals surface area contributed by atoms with Crippen LogP contribution in [0.25, 0.3) is 10.8 Å². The Bertz CT molecular complexity index is 1010. The first-order chi connectivity index (χ1) is 13.9. The molecule has 29 heavy (non-hydrogen) atoms. The van der Waals surface area contributed by atoms with E-state index in [0.717, 1.165) is 18.6 Å². The van der Waals surface area contributed by atoms with E-state index in [2.05, 4.69) is 40.5 Å². The number of thioether (sulfide) groups is 1. The summed E-state index contributed by atoms with van der Waals surface area (Å²) in [6, 6.07) is 14.4. The molecule has 1 fully saturated rings. The average molecular weight is 412 g/mol. The second-order valence-corrected chi connectivity index (χ2v) is 9.09. The molecule has 0 N–H and O–H groups in total. The molecule has 1 aromatic heterocycles. The van der Waals surface area contributed by atoms with Gasteiger partial charge in [0, 0.05) is 12.3 Å². The number of likely N-dealkylation sites (tertiary alicyclic amines) is 1. The van der Waals surface area contributed by atoms with Crippen LogP contribution in [0.15, 0.2) is 52.1 Å². The molecule has 1 atom stereocenters. The molecule has 1 aliphatic heterocycles. The molecule has 0 bridgehead atoms. The van der Waals surface area contributed by atoms with E-state index in [0.29, 0.717) is 17.7 Å². The lowest BCUT2D eigenvalue weighted by atomic mass is 10.1. The van der Waals surface area contributed by atoms with Gasteiger partial charge in [-0.3, -0.25) is 4.90 Å². The van der Waals surface area contributed by atoms with Gasteiger partial charge in [0.25, 0.3) is 5.22 Å². The van der Waals surface area contributed by atoms with Gasteiger partial charge in [-0.1, -0.05) is 54.2 Å². The SMILES string of the molecule is CC(C)(C)OC(=O)N1CCCC1c1nnc(SCc2cccc3ccccc23)o1. The lowest BCUT2D eigenvalue weighted by Gasteiger charge is -2.27. The predicted molar refractivity (Wildman–Crippen MR) is 113 cm³/mol. The molecule has 0 spiro atoms. The molecule has 1 saturated heterocycles. The van der Waals surface area contributed by atoms with Crippen LogP contribution in [0.2, 0.25) is 0 Å². The van der Waals surface area contributed by atoms with Gasteiger partial charge in [0.15, 0.2) is 0 Å². The summed E-state index contributed by atoms with van der Waals surface area (Å²) in [5.74, 6) is 1.22. The van der Waals surface area contributed by atoms with Crippen LogP contribution in [0.4, 0.5) is 4.79 Å². The fourth-order valence-corrected chi connectivity index (χ4v) is 4.31. The molecule has 0 saturated carbocycles. The molecule has 0 radical (unpaired) electrons. The number of hydrogen-bond acceptors (Lipinski definition) is 6. The summed E-state index contributed by atoms with van der Waals surface area (Å²) in [6.07, 6.45) is 1.36. The van der Waals surface area contributed by atoms with E-state index >= 15 is 0 Å². The molecule has 2 heterocycles. The molecule has 1 amide bonds. The van der Waals surface area contributed by atoms with Crippen LogP contribution < -0.4 is 0 Å². The summed E-state index contributed by atoms with van der Waals surface area (Å²) in [6.45, 7) is 6.24. The Morgan fingerprint density at radius 3 is 2.83 bits per heavy atom. The van der Waals surface area contributed by atoms with Crippen LogP contribution >= 0.6 is 11.8 Å². The highest BCUT2D eigenvalue weighted by Crippen LogP contribution is 2.34. The van der Waals surface area contributed by atoms with Crippen molar-refractivity contribution in [3.05, 3.63) is 53.9 Å². The third kappa shape index (κ3) is 4.56. The zero-order valence-electron chi connectivity index (χ0n) is 16.9.